The van der Waals surface area contributed by atoms with Crippen molar-refractivity contribution in [3.8, 4) is 0 Å². The van der Waals surface area contributed by atoms with Crippen LogP contribution in [0.25, 0.3) is 0 Å². The average Bonchev–Trinajstić information content (AvgIpc) is 2.42. The summed E-state index contributed by atoms with van der Waals surface area (Å²) < 4.78 is 13.4. The van der Waals surface area contributed by atoms with Crippen LogP contribution in [0, 0.1) is 12.7 Å². The minimum atomic E-state index is -0.582. The number of nitrogens with two attached hydrogens (primary N) is 1. The number of aryl methyl sites for hydroxylation is 1. The number of benzene rings is 2. The summed E-state index contributed by atoms with van der Waals surface area (Å²) in [5.74, 6) is -0.902. The molecule has 2 rings (SSSR count). The standard InChI is InChI=1S/C16H17FN2O/c1-10-5-3-4-6-13(10)11(2)19-16(20)12-7-8-15(18)14(17)9-12/h3-9,11H,18H2,1-2H3,(H,19,20)/t11-/m1/s1. The Labute approximate surface area is 117 Å². The van der Waals surface area contributed by atoms with E-state index in [2.05, 4.69) is 5.32 Å². The van der Waals surface area contributed by atoms with E-state index in [0.717, 1.165) is 17.2 Å². The van der Waals surface area contributed by atoms with Gasteiger partial charge in [-0.3, -0.25) is 4.79 Å². The molecule has 0 bridgehead atoms. The van der Waals surface area contributed by atoms with Crippen molar-refractivity contribution in [2.75, 3.05) is 5.73 Å². The van der Waals surface area contributed by atoms with E-state index in [1.54, 1.807) is 0 Å². The van der Waals surface area contributed by atoms with Crippen molar-refractivity contribution in [3.63, 3.8) is 0 Å². The lowest BCUT2D eigenvalue weighted by atomic mass is 10.0. The molecule has 1 amide bonds. The molecule has 2 aromatic rings. The molecule has 0 aliphatic rings. The first-order chi connectivity index (χ1) is 9.49. The zero-order valence-electron chi connectivity index (χ0n) is 11.5. The molecule has 0 heterocycles. The van der Waals surface area contributed by atoms with Gasteiger partial charge in [-0.1, -0.05) is 24.3 Å². The molecular formula is C16H17FN2O. The molecule has 1 atom stereocenters. The Morgan fingerprint density at radius 1 is 1.25 bits per heavy atom. The van der Waals surface area contributed by atoms with Gasteiger partial charge >= 0.3 is 0 Å². The zero-order chi connectivity index (χ0) is 14.7. The molecule has 3 N–H and O–H groups in total. The lowest BCUT2D eigenvalue weighted by Gasteiger charge is -2.16. The largest absolute Gasteiger partial charge is 0.396 e. The van der Waals surface area contributed by atoms with Crippen molar-refractivity contribution in [1.82, 2.24) is 5.32 Å². The Morgan fingerprint density at radius 2 is 1.95 bits per heavy atom. The Bertz CT molecular complexity index is 640. The van der Waals surface area contributed by atoms with Crippen molar-refractivity contribution >= 4 is 11.6 Å². The highest BCUT2D eigenvalue weighted by Crippen LogP contribution is 2.18. The van der Waals surface area contributed by atoms with E-state index < -0.39 is 5.82 Å². The Morgan fingerprint density at radius 3 is 2.60 bits per heavy atom. The summed E-state index contributed by atoms with van der Waals surface area (Å²) >= 11 is 0. The third-order valence-electron chi connectivity index (χ3n) is 3.27. The average molecular weight is 272 g/mol. The van der Waals surface area contributed by atoms with Crippen LogP contribution in [0.3, 0.4) is 0 Å². The van der Waals surface area contributed by atoms with Crippen LogP contribution in [-0.4, -0.2) is 5.91 Å². The number of halogens is 1. The topological polar surface area (TPSA) is 55.1 Å². The van der Waals surface area contributed by atoms with Gasteiger partial charge in [0.15, 0.2) is 0 Å². The predicted octanol–water partition coefficient (Wildman–Crippen LogP) is 3.21. The Balaban J connectivity index is 2.15. The second-order valence-electron chi connectivity index (χ2n) is 4.79. The van der Waals surface area contributed by atoms with Crippen LogP contribution in [-0.2, 0) is 0 Å². The molecule has 0 aliphatic heterocycles. The maximum Gasteiger partial charge on any atom is 0.251 e. The third kappa shape index (κ3) is 2.96. The van der Waals surface area contributed by atoms with E-state index in [0.29, 0.717) is 0 Å². The summed E-state index contributed by atoms with van der Waals surface area (Å²) in [6.07, 6.45) is 0. The maximum absolute atomic E-state index is 13.4. The van der Waals surface area contributed by atoms with Crippen molar-refractivity contribution in [2.45, 2.75) is 19.9 Å². The number of rotatable bonds is 3. The summed E-state index contributed by atoms with van der Waals surface area (Å²) in [4.78, 5) is 12.1. The fourth-order valence-electron chi connectivity index (χ4n) is 2.10. The van der Waals surface area contributed by atoms with Crippen LogP contribution in [0.2, 0.25) is 0 Å². The summed E-state index contributed by atoms with van der Waals surface area (Å²) in [7, 11) is 0. The molecule has 0 spiro atoms. The quantitative estimate of drug-likeness (QED) is 0.843. The highest BCUT2D eigenvalue weighted by molar-refractivity contribution is 5.94. The van der Waals surface area contributed by atoms with Crippen LogP contribution in [0.15, 0.2) is 42.5 Å². The first-order valence-corrected chi connectivity index (χ1v) is 6.40. The Kier molecular flexibility index (Phi) is 4.03. The minimum absolute atomic E-state index is 0.0357. The van der Waals surface area contributed by atoms with Gasteiger partial charge in [0.2, 0.25) is 0 Å². The van der Waals surface area contributed by atoms with Gasteiger partial charge in [0.25, 0.3) is 5.91 Å². The molecule has 3 nitrogen and oxygen atoms in total. The second kappa shape index (κ2) is 5.74. The molecule has 0 unspecified atom stereocenters. The van der Waals surface area contributed by atoms with Gasteiger partial charge in [-0.15, -0.1) is 0 Å². The molecule has 0 radical (unpaired) electrons. The zero-order valence-corrected chi connectivity index (χ0v) is 11.5. The number of nitrogen functional groups attached to an aromatic ring is 1. The number of nitrogens with one attached hydrogen (secondary N) is 1. The Hall–Kier alpha value is -2.36. The van der Waals surface area contributed by atoms with E-state index in [1.165, 1.54) is 12.1 Å². The molecule has 104 valence electrons. The molecule has 4 heteroatoms. The van der Waals surface area contributed by atoms with E-state index in [4.69, 9.17) is 5.73 Å². The minimum Gasteiger partial charge on any atom is -0.396 e. The van der Waals surface area contributed by atoms with E-state index >= 15 is 0 Å². The van der Waals surface area contributed by atoms with E-state index in [-0.39, 0.29) is 23.2 Å². The highest BCUT2D eigenvalue weighted by Gasteiger charge is 2.13. The van der Waals surface area contributed by atoms with Gasteiger partial charge in [0, 0.05) is 5.56 Å². The normalized spacial score (nSPS) is 11.9. The molecular weight excluding hydrogens is 255 g/mol. The number of hydrogen-bond donors (Lipinski definition) is 2. The molecule has 20 heavy (non-hydrogen) atoms. The number of carbonyl (C=O) groups is 1. The lowest BCUT2D eigenvalue weighted by Crippen LogP contribution is -2.27. The number of carbonyl (C=O) groups excluding carboxylic acids is 1. The van der Waals surface area contributed by atoms with Gasteiger partial charge in [-0.2, -0.15) is 0 Å². The van der Waals surface area contributed by atoms with Crippen LogP contribution in [0.1, 0.15) is 34.5 Å². The van der Waals surface area contributed by atoms with E-state index in [1.807, 2.05) is 38.1 Å². The van der Waals surface area contributed by atoms with Crippen molar-refractivity contribution in [2.24, 2.45) is 0 Å². The lowest BCUT2D eigenvalue weighted by molar-refractivity contribution is 0.0939. The van der Waals surface area contributed by atoms with Crippen molar-refractivity contribution < 1.29 is 9.18 Å². The molecule has 0 aromatic heterocycles. The highest BCUT2D eigenvalue weighted by atomic mass is 19.1. The first-order valence-electron chi connectivity index (χ1n) is 6.40. The summed E-state index contributed by atoms with van der Waals surface area (Å²) in [5.41, 5.74) is 7.83. The third-order valence-corrected chi connectivity index (χ3v) is 3.27. The van der Waals surface area contributed by atoms with E-state index in [9.17, 15) is 9.18 Å². The fraction of sp³-hybridized carbons (Fsp3) is 0.188. The second-order valence-corrected chi connectivity index (χ2v) is 4.79. The predicted molar refractivity (Wildman–Crippen MR) is 77.9 cm³/mol. The van der Waals surface area contributed by atoms with Crippen LogP contribution in [0.5, 0.6) is 0 Å². The molecule has 0 saturated heterocycles. The van der Waals surface area contributed by atoms with Crippen LogP contribution in [0.4, 0.5) is 10.1 Å². The summed E-state index contributed by atoms with van der Waals surface area (Å²) in [5, 5.41) is 2.85. The van der Waals surface area contributed by atoms with Gasteiger partial charge in [0.05, 0.1) is 11.7 Å². The van der Waals surface area contributed by atoms with Crippen LogP contribution < -0.4 is 11.1 Å². The van der Waals surface area contributed by atoms with Crippen molar-refractivity contribution in [3.05, 3.63) is 65.0 Å². The fourth-order valence-corrected chi connectivity index (χ4v) is 2.10. The first kappa shape index (κ1) is 14.1. The number of amides is 1. The smallest absolute Gasteiger partial charge is 0.251 e. The van der Waals surface area contributed by atoms with Gasteiger partial charge in [-0.05, 0) is 43.2 Å². The van der Waals surface area contributed by atoms with Gasteiger partial charge < -0.3 is 11.1 Å². The van der Waals surface area contributed by atoms with Crippen molar-refractivity contribution in [1.29, 1.82) is 0 Å². The summed E-state index contributed by atoms with van der Waals surface area (Å²) in [6, 6.07) is 11.7. The molecule has 0 saturated carbocycles. The van der Waals surface area contributed by atoms with Crippen LogP contribution >= 0.6 is 0 Å². The molecule has 2 aromatic carbocycles. The maximum atomic E-state index is 13.4. The summed E-state index contributed by atoms with van der Waals surface area (Å²) in [6.45, 7) is 3.88. The van der Waals surface area contributed by atoms with Gasteiger partial charge in [-0.25, -0.2) is 4.39 Å². The SMILES string of the molecule is Cc1ccccc1[C@@H](C)NC(=O)c1ccc(N)c(F)c1. The molecule has 0 aliphatic carbocycles. The monoisotopic (exact) mass is 272 g/mol. The van der Waals surface area contributed by atoms with Gasteiger partial charge in [0.1, 0.15) is 5.82 Å². The molecule has 0 fully saturated rings. The number of hydrogen-bond acceptors (Lipinski definition) is 2. The number of anilines is 1.